The fourth-order valence-electron chi connectivity index (χ4n) is 7.88. The first-order valence-electron chi connectivity index (χ1n) is 30.2. The van der Waals surface area contributed by atoms with Gasteiger partial charge in [-0.15, -0.1) is 0 Å². The molecule has 0 fully saturated rings. The lowest BCUT2D eigenvalue weighted by atomic mass is 10.0. The SMILES string of the molecule is CC/C=C\C/C=C\C/C=C\C/C=C\C/C=C\C/C=C\C/C=C\C/C=C\C/C=C\C/C=C\CCCCC(=O)OCC(COC(=O)CCCCCCC/C=C\CCC)OC(=O)CCCCCCCCCCCCCCC. The van der Waals surface area contributed by atoms with Crippen LogP contribution in [0.2, 0.25) is 0 Å². The molecule has 6 heteroatoms. The lowest BCUT2D eigenvalue weighted by molar-refractivity contribution is -0.167. The molecular weight excluding hydrogens is 913 g/mol. The fourth-order valence-corrected chi connectivity index (χ4v) is 7.88. The van der Waals surface area contributed by atoms with Crippen molar-refractivity contribution < 1.29 is 28.6 Å². The minimum atomic E-state index is -0.800. The van der Waals surface area contributed by atoms with Gasteiger partial charge in [0.2, 0.25) is 0 Å². The number of hydrogen-bond donors (Lipinski definition) is 0. The number of esters is 3. The molecule has 1 atom stereocenters. The van der Waals surface area contributed by atoms with Crippen LogP contribution in [0.25, 0.3) is 0 Å². The number of ether oxygens (including phenoxy) is 3. The molecule has 0 aromatic carbocycles. The van der Waals surface area contributed by atoms with E-state index in [4.69, 9.17) is 14.2 Å². The van der Waals surface area contributed by atoms with Gasteiger partial charge in [-0.1, -0.05) is 257 Å². The van der Waals surface area contributed by atoms with Crippen molar-refractivity contribution in [2.24, 2.45) is 0 Å². The Morgan fingerprint density at radius 3 is 0.919 bits per heavy atom. The zero-order valence-electron chi connectivity index (χ0n) is 47.8. The van der Waals surface area contributed by atoms with E-state index in [1.165, 1.54) is 77.0 Å². The molecule has 6 nitrogen and oxygen atoms in total. The maximum absolute atomic E-state index is 12.8. The summed E-state index contributed by atoms with van der Waals surface area (Å²) in [6.45, 7) is 6.41. The molecule has 0 aliphatic rings. The minimum absolute atomic E-state index is 0.0975. The normalized spacial score (nSPS) is 13.1. The van der Waals surface area contributed by atoms with Gasteiger partial charge in [0.25, 0.3) is 0 Å². The van der Waals surface area contributed by atoms with Gasteiger partial charge in [0, 0.05) is 19.3 Å². The number of unbranched alkanes of at least 4 members (excludes halogenated alkanes) is 20. The van der Waals surface area contributed by atoms with E-state index >= 15 is 0 Å². The molecule has 0 aromatic heterocycles. The van der Waals surface area contributed by atoms with Gasteiger partial charge in [-0.2, -0.15) is 0 Å². The summed E-state index contributed by atoms with van der Waals surface area (Å²) < 4.78 is 16.8. The van der Waals surface area contributed by atoms with Gasteiger partial charge in [0.15, 0.2) is 6.10 Å². The van der Waals surface area contributed by atoms with Gasteiger partial charge in [0.1, 0.15) is 13.2 Å². The number of allylic oxidation sites excluding steroid dienone is 22. The predicted octanol–water partition coefficient (Wildman–Crippen LogP) is 20.6. The topological polar surface area (TPSA) is 78.9 Å². The van der Waals surface area contributed by atoms with Gasteiger partial charge in [-0.25, -0.2) is 0 Å². The average molecular weight is 1020 g/mol. The summed E-state index contributed by atoms with van der Waals surface area (Å²) in [6, 6.07) is 0. The van der Waals surface area contributed by atoms with E-state index in [1.54, 1.807) is 0 Å². The van der Waals surface area contributed by atoms with Crippen molar-refractivity contribution in [2.45, 2.75) is 264 Å². The molecule has 74 heavy (non-hydrogen) atoms. The van der Waals surface area contributed by atoms with Crippen LogP contribution in [0.5, 0.6) is 0 Å². The Bertz CT molecular complexity index is 1600. The number of carbonyl (C=O) groups is 3. The maximum Gasteiger partial charge on any atom is 0.306 e. The van der Waals surface area contributed by atoms with E-state index in [0.717, 1.165) is 135 Å². The van der Waals surface area contributed by atoms with Gasteiger partial charge in [0.05, 0.1) is 0 Å². The van der Waals surface area contributed by atoms with E-state index in [0.29, 0.717) is 25.7 Å². The lowest BCUT2D eigenvalue weighted by Gasteiger charge is -2.18. The highest BCUT2D eigenvalue weighted by molar-refractivity contribution is 5.71. The molecule has 1 unspecified atom stereocenters. The van der Waals surface area contributed by atoms with Crippen LogP contribution in [-0.2, 0) is 28.6 Å². The molecule has 0 aliphatic carbocycles. The molecule has 0 amide bonds. The van der Waals surface area contributed by atoms with Crippen LogP contribution < -0.4 is 0 Å². The Balaban J connectivity index is 4.30. The first-order valence-corrected chi connectivity index (χ1v) is 30.2. The number of rotatable bonds is 53. The average Bonchev–Trinajstić information content (AvgIpc) is 3.40. The molecule has 0 N–H and O–H groups in total. The molecule has 0 spiro atoms. The Morgan fingerprint density at radius 2 is 0.554 bits per heavy atom. The third-order valence-electron chi connectivity index (χ3n) is 12.4. The highest BCUT2D eigenvalue weighted by Crippen LogP contribution is 2.15. The highest BCUT2D eigenvalue weighted by atomic mass is 16.6. The number of carbonyl (C=O) groups excluding carboxylic acids is 3. The molecule has 0 rings (SSSR count). The Morgan fingerprint density at radius 1 is 0.284 bits per heavy atom. The van der Waals surface area contributed by atoms with Crippen LogP contribution in [0, 0.1) is 0 Å². The van der Waals surface area contributed by atoms with Crippen LogP contribution in [-0.4, -0.2) is 37.2 Å². The van der Waals surface area contributed by atoms with E-state index in [1.807, 2.05) is 0 Å². The maximum atomic E-state index is 12.8. The molecule has 0 saturated carbocycles. The summed E-state index contributed by atoms with van der Waals surface area (Å²) in [7, 11) is 0. The van der Waals surface area contributed by atoms with Crippen molar-refractivity contribution in [3.63, 3.8) is 0 Å². The summed E-state index contributed by atoms with van der Waals surface area (Å²) in [5.74, 6) is -0.955. The third kappa shape index (κ3) is 58.4. The molecule has 0 heterocycles. The first kappa shape index (κ1) is 69.5. The van der Waals surface area contributed by atoms with Crippen molar-refractivity contribution in [1.82, 2.24) is 0 Å². The third-order valence-corrected chi connectivity index (χ3v) is 12.4. The molecule has 0 radical (unpaired) electrons. The van der Waals surface area contributed by atoms with Crippen molar-refractivity contribution in [3.05, 3.63) is 134 Å². The molecule has 0 aliphatic heterocycles. The molecule has 0 bridgehead atoms. The van der Waals surface area contributed by atoms with Crippen molar-refractivity contribution >= 4 is 17.9 Å². The Labute approximate surface area is 455 Å². The van der Waals surface area contributed by atoms with Crippen LogP contribution in [0.15, 0.2) is 134 Å². The van der Waals surface area contributed by atoms with Gasteiger partial charge < -0.3 is 14.2 Å². The van der Waals surface area contributed by atoms with Crippen LogP contribution >= 0.6 is 0 Å². The molecule has 0 saturated heterocycles. The van der Waals surface area contributed by atoms with Gasteiger partial charge in [-0.3, -0.25) is 14.4 Å². The molecule has 418 valence electrons. The van der Waals surface area contributed by atoms with E-state index in [9.17, 15) is 14.4 Å². The monoisotopic (exact) mass is 1020 g/mol. The summed E-state index contributed by atoms with van der Waals surface area (Å²) in [6.07, 6.45) is 86.1. The Hall–Kier alpha value is -4.45. The minimum Gasteiger partial charge on any atom is -0.462 e. The van der Waals surface area contributed by atoms with Crippen LogP contribution in [0.1, 0.15) is 258 Å². The highest BCUT2D eigenvalue weighted by Gasteiger charge is 2.19. The zero-order chi connectivity index (χ0) is 53.6. The van der Waals surface area contributed by atoms with Gasteiger partial charge >= 0.3 is 17.9 Å². The van der Waals surface area contributed by atoms with Gasteiger partial charge in [-0.05, 0) is 116 Å². The number of hydrogen-bond acceptors (Lipinski definition) is 6. The second kappa shape index (κ2) is 61.1. The summed E-state index contributed by atoms with van der Waals surface area (Å²) in [4.78, 5) is 38.0. The van der Waals surface area contributed by atoms with Crippen LogP contribution in [0.3, 0.4) is 0 Å². The lowest BCUT2D eigenvalue weighted by Crippen LogP contribution is -2.30. The van der Waals surface area contributed by atoms with Crippen molar-refractivity contribution in [3.8, 4) is 0 Å². The summed E-state index contributed by atoms with van der Waals surface area (Å²) in [5, 5.41) is 0. The standard InChI is InChI=1S/C68H110O6/c1-4-7-10-13-16-19-22-24-25-26-27-28-29-30-31-32-33-34-35-36-37-38-39-40-41-42-43-45-46-49-52-55-58-61-67(70)73-64-65(63-72-66(69)60-57-54-51-48-21-18-15-12-9-6-3)74-68(71)62-59-56-53-50-47-44-23-20-17-14-11-8-5-2/h7,10,12,15-16,19,24-25,27-28,30-31,33-34,36-37,39-40,42-43,46,49,65H,4-6,8-9,11,13-14,17-18,20-23,26,29,32,35,38,41,44-45,47-48,50-64H2,1-3H3/b10-7-,15-12-,19-16-,25-24-,28-27-,31-30-,34-33-,37-36-,40-39-,43-42-,49-46-. The predicted molar refractivity (Wildman–Crippen MR) is 320 cm³/mol. The van der Waals surface area contributed by atoms with Crippen molar-refractivity contribution in [1.29, 1.82) is 0 Å². The van der Waals surface area contributed by atoms with E-state index < -0.39 is 6.10 Å². The quantitative estimate of drug-likeness (QED) is 0.0261. The van der Waals surface area contributed by atoms with E-state index in [2.05, 4.69) is 154 Å². The zero-order valence-corrected chi connectivity index (χ0v) is 47.8. The van der Waals surface area contributed by atoms with Crippen molar-refractivity contribution in [2.75, 3.05) is 13.2 Å². The van der Waals surface area contributed by atoms with Crippen LogP contribution in [0.4, 0.5) is 0 Å². The molecule has 0 aromatic rings. The summed E-state index contributed by atoms with van der Waals surface area (Å²) in [5.41, 5.74) is 0. The molecular formula is C68H110O6. The largest absolute Gasteiger partial charge is 0.462 e. The Kier molecular flexibility index (Phi) is 57.4. The summed E-state index contributed by atoms with van der Waals surface area (Å²) >= 11 is 0. The first-order chi connectivity index (χ1) is 36.5. The fraction of sp³-hybridized carbons (Fsp3) is 0.632. The second-order valence-electron chi connectivity index (χ2n) is 19.5. The smallest absolute Gasteiger partial charge is 0.306 e. The van der Waals surface area contributed by atoms with E-state index in [-0.39, 0.29) is 31.1 Å². The second-order valence-corrected chi connectivity index (χ2v) is 19.5.